The first-order chi connectivity index (χ1) is 6.83. The number of aryl methyl sites for hydroxylation is 1. The number of nitrogens with zero attached hydrogens (tertiary/aromatic N) is 3. The number of rotatable bonds is 6. The summed E-state index contributed by atoms with van der Waals surface area (Å²) in [5.74, 6) is 0. The zero-order chi connectivity index (χ0) is 10.4. The summed E-state index contributed by atoms with van der Waals surface area (Å²) in [5, 5.41) is 8.19. The van der Waals surface area contributed by atoms with Crippen molar-refractivity contribution in [3.8, 4) is 0 Å². The van der Waals surface area contributed by atoms with Crippen molar-refractivity contribution in [1.82, 2.24) is 15.0 Å². The van der Waals surface area contributed by atoms with Gasteiger partial charge >= 0.3 is 0 Å². The van der Waals surface area contributed by atoms with Gasteiger partial charge in [-0.1, -0.05) is 31.9 Å². The summed E-state index contributed by atoms with van der Waals surface area (Å²) >= 11 is 0. The second-order valence-electron chi connectivity index (χ2n) is 3.47. The monoisotopic (exact) mass is 196 g/mol. The number of unbranched alkanes of at least 4 members (excludes halogenated alkanes) is 2. The molecular formula is C10H20N4. The van der Waals surface area contributed by atoms with Crippen LogP contribution < -0.4 is 5.73 Å². The SMILES string of the molecule is CCCCCn1nnc(CN)c1CC. The summed E-state index contributed by atoms with van der Waals surface area (Å²) in [6, 6.07) is 0. The van der Waals surface area contributed by atoms with Crippen LogP contribution in [0.2, 0.25) is 0 Å². The normalized spacial score (nSPS) is 10.8. The Labute approximate surface area is 85.5 Å². The molecule has 0 aliphatic carbocycles. The molecule has 1 aromatic rings. The summed E-state index contributed by atoms with van der Waals surface area (Å²) in [7, 11) is 0. The van der Waals surface area contributed by atoms with Gasteiger partial charge in [0, 0.05) is 13.1 Å². The van der Waals surface area contributed by atoms with E-state index < -0.39 is 0 Å². The van der Waals surface area contributed by atoms with E-state index in [1.165, 1.54) is 25.0 Å². The minimum atomic E-state index is 0.497. The van der Waals surface area contributed by atoms with Gasteiger partial charge in [0.15, 0.2) is 0 Å². The number of nitrogens with two attached hydrogens (primary N) is 1. The van der Waals surface area contributed by atoms with Crippen LogP contribution in [0.1, 0.15) is 44.5 Å². The Balaban J connectivity index is 2.61. The summed E-state index contributed by atoms with van der Waals surface area (Å²) in [4.78, 5) is 0. The minimum Gasteiger partial charge on any atom is -0.325 e. The largest absolute Gasteiger partial charge is 0.325 e. The zero-order valence-corrected chi connectivity index (χ0v) is 9.16. The van der Waals surface area contributed by atoms with Crippen molar-refractivity contribution < 1.29 is 0 Å². The van der Waals surface area contributed by atoms with Crippen LogP contribution in [0.3, 0.4) is 0 Å². The van der Waals surface area contributed by atoms with Gasteiger partial charge in [-0.15, -0.1) is 5.10 Å². The first kappa shape index (κ1) is 11.2. The maximum atomic E-state index is 5.58. The molecule has 0 aliphatic rings. The fourth-order valence-electron chi connectivity index (χ4n) is 1.61. The molecule has 1 rings (SSSR count). The van der Waals surface area contributed by atoms with Gasteiger partial charge in [-0.2, -0.15) is 0 Å². The van der Waals surface area contributed by atoms with Gasteiger partial charge in [0.25, 0.3) is 0 Å². The molecule has 1 aromatic heterocycles. The van der Waals surface area contributed by atoms with Crippen LogP contribution in [0.4, 0.5) is 0 Å². The fourth-order valence-corrected chi connectivity index (χ4v) is 1.61. The molecule has 0 aliphatic heterocycles. The summed E-state index contributed by atoms with van der Waals surface area (Å²) in [6.07, 6.45) is 4.63. The average Bonchev–Trinajstić information content (AvgIpc) is 2.60. The quantitative estimate of drug-likeness (QED) is 0.701. The molecule has 2 N–H and O–H groups in total. The maximum Gasteiger partial charge on any atom is 0.0994 e. The molecular weight excluding hydrogens is 176 g/mol. The van der Waals surface area contributed by atoms with Crippen LogP contribution in [0.5, 0.6) is 0 Å². The Hall–Kier alpha value is -0.900. The highest BCUT2D eigenvalue weighted by Crippen LogP contribution is 2.07. The second-order valence-corrected chi connectivity index (χ2v) is 3.47. The first-order valence-corrected chi connectivity index (χ1v) is 5.44. The molecule has 1 heterocycles. The Bertz CT molecular complexity index is 267. The van der Waals surface area contributed by atoms with E-state index in [0.29, 0.717) is 6.54 Å². The van der Waals surface area contributed by atoms with Crippen molar-refractivity contribution in [2.24, 2.45) is 5.73 Å². The van der Waals surface area contributed by atoms with Crippen molar-refractivity contribution >= 4 is 0 Å². The molecule has 0 amide bonds. The summed E-state index contributed by atoms with van der Waals surface area (Å²) < 4.78 is 2.00. The molecule has 0 bridgehead atoms. The lowest BCUT2D eigenvalue weighted by atomic mass is 10.2. The van der Waals surface area contributed by atoms with Gasteiger partial charge in [0.05, 0.1) is 11.4 Å². The topological polar surface area (TPSA) is 56.7 Å². The molecule has 0 fully saturated rings. The van der Waals surface area contributed by atoms with E-state index in [1.807, 2.05) is 4.68 Å². The molecule has 0 atom stereocenters. The number of aromatic nitrogens is 3. The van der Waals surface area contributed by atoms with E-state index in [1.54, 1.807) is 0 Å². The fraction of sp³-hybridized carbons (Fsp3) is 0.800. The Morgan fingerprint density at radius 1 is 1.29 bits per heavy atom. The van der Waals surface area contributed by atoms with Crippen LogP contribution in [-0.4, -0.2) is 15.0 Å². The third kappa shape index (κ3) is 2.54. The summed E-state index contributed by atoms with van der Waals surface area (Å²) in [6.45, 7) is 5.79. The molecule has 80 valence electrons. The standard InChI is InChI=1S/C10H20N4/c1-3-5-6-7-14-10(4-2)9(8-11)12-13-14/h3-8,11H2,1-2H3. The molecule has 0 spiro atoms. The first-order valence-electron chi connectivity index (χ1n) is 5.44. The lowest BCUT2D eigenvalue weighted by Gasteiger charge is -2.04. The highest BCUT2D eigenvalue weighted by atomic mass is 15.4. The highest BCUT2D eigenvalue weighted by Gasteiger charge is 2.08. The van der Waals surface area contributed by atoms with Gasteiger partial charge < -0.3 is 5.73 Å². The number of hydrogen-bond donors (Lipinski definition) is 1. The molecule has 0 aromatic carbocycles. The van der Waals surface area contributed by atoms with E-state index in [-0.39, 0.29) is 0 Å². The maximum absolute atomic E-state index is 5.58. The molecule has 0 saturated carbocycles. The summed E-state index contributed by atoms with van der Waals surface area (Å²) in [5.41, 5.74) is 7.72. The van der Waals surface area contributed by atoms with Crippen molar-refractivity contribution in [2.75, 3.05) is 0 Å². The third-order valence-electron chi connectivity index (χ3n) is 2.42. The van der Waals surface area contributed by atoms with Crippen molar-refractivity contribution in [3.05, 3.63) is 11.4 Å². The number of hydrogen-bond acceptors (Lipinski definition) is 3. The molecule has 0 saturated heterocycles. The lowest BCUT2D eigenvalue weighted by Crippen LogP contribution is -2.07. The van der Waals surface area contributed by atoms with E-state index in [9.17, 15) is 0 Å². The van der Waals surface area contributed by atoms with Gasteiger partial charge in [0.1, 0.15) is 0 Å². The van der Waals surface area contributed by atoms with Crippen LogP contribution in [0.25, 0.3) is 0 Å². The van der Waals surface area contributed by atoms with Gasteiger partial charge in [-0.05, 0) is 12.8 Å². The van der Waals surface area contributed by atoms with Crippen LogP contribution in [-0.2, 0) is 19.5 Å². The highest BCUT2D eigenvalue weighted by molar-refractivity contribution is 5.09. The van der Waals surface area contributed by atoms with E-state index >= 15 is 0 Å². The second kappa shape index (κ2) is 5.75. The van der Waals surface area contributed by atoms with Crippen LogP contribution in [0, 0.1) is 0 Å². The van der Waals surface area contributed by atoms with Crippen molar-refractivity contribution in [3.63, 3.8) is 0 Å². The molecule has 14 heavy (non-hydrogen) atoms. The molecule has 4 heteroatoms. The smallest absolute Gasteiger partial charge is 0.0994 e. The minimum absolute atomic E-state index is 0.497. The molecule has 4 nitrogen and oxygen atoms in total. The third-order valence-corrected chi connectivity index (χ3v) is 2.42. The van der Waals surface area contributed by atoms with Crippen molar-refractivity contribution in [2.45, 2.75) is 52.6 Å². The average molecular weight is 196 g/mol. The Morgan fingerprint density at radius 2 is 2.07 bits per heavy atom. The predicted octanol–water partition coefficient (Wildman–Crippen LogP) is 1.49. The van der Waals surface area contributed by atoms with Crippen LogP contribution >= 0.6 is 0 Å². The predicted molar refractivity (Wildman–Crippen MR) is 56.8 cm³/mol. The van der Waals surface area contributed by atoms with Crippen molar-refractivity contribution in [1.29, 1.82) is 0 Å². The van der Waals surface area contributed by atoms with E-state index in [0.717, 1.165) is 18.7 Å². The van der Waals surface area contributed by atoms with E-state index in [4.69, 9.17) is 5.73 Å². The lowest BCUT2D eigenvalue weighted by molar-refractivity contribution is 0.521. The zero-order valence-electron chi connectivity index (χ0n) is 9.16. The van der Waals surface area contributed by atoms with Gasteiger partial charge in [-0.3, -0.25) is 0 Å². The van der Waals surface area contributed by atoms with Gasteiger partial charge in [-0.25, -0.2) is 4.68 Å². The molecule has 0 unspecified atom stereocenters. The molecule has 0 radical (unpaired) electrons. The van der Waals surface area contributed by atoms with Gasteiger partial charge in [0.2, 0.25) is 0 Å². The van der Waals surface area contributed by atoms with Crippen LogP contribution in [0.15, 0.2) is 0 Å². The van der Waals surface area contributed by atoms with E-state index in [2.05, 4.69) is 24.2 Å². The Kier molecular flexibility index (Phi) is 4.59. The Morgan fingerprint density at radius 3 is 2.64 bits per heavy atom.